The molecule has 24 nitrogen and oxygen atoms in total. The molecule has 0 radical (unpaired) electrons. The molecule has 87 heavy (non-hydrogen) atoms. The van der Waals surface area contributed by atoms with Gasteiger partial charge in [0.15, 0.2) is 16.9 Å². The highest BCUT2D eigenvalue weighted by Gasteiger charge is 2.66. The van der Waals surface area contributed by atoms with Crippen LogP contribution < -0.4 is 26.0 Å². The van der Waals surface area contributed by atoms with Crippen LogP contribution in [0.4, 0.5) is 10.9 Å². The highest BCUT2D eigenvalue weighted by atomic mass is 32.2. The van der Waals surface area contributed by atoms with E-state index >= 15 is 0 Å². The summed E-state index contributed by atoms with van der Waals surface area (Å²) < 4.78 is 61.2. The predicted molar refractivity (Wildman–Crippen MR) is 318 cm³/mol. The summed E-state index contributed by atoms with van der Waals surface area (Å²) in [5, 5.41) is 62.9. The number of ether oxygens (including phenoxy) is 4. The summed E-state index contributed by atoms with van der Waals surface area (Å²) in [4.78, 5) is 63.8. The lowest BCUT2D eigenvalue weighted by Gasteiger charge is -2.69. The third-order valence-corrected chi connectivity index (χ3v) is 19.5. The molecule has 5 unspecified atom stereocenters. The SMILES string of the molecule is Cc1c(-c2ccc(N3CCc4cccc(C(=O)Nc5nc6ccccc6s5)c4C3)nc2C(=O)O)cnn1CC12CC3(C)CC(C)(C1)CC(OCCNC(CS(=O)(=O)O)C(=O)OCc1ccc(CCCN)cc1OC1O[C@H](C(=O)O)C(O)[C@H](O)[C@H]1O)(C3)C2. The number of carboxylic acids is 2. The Morgan fingerprint density at radius 2 is 1.68 bits per heavy atom. The molecule has 4 bridgehead atoms. The number of rotatable bonds is 23. The molecule has 26 heteroatoms. The number of benzene rings is 3. The maximum atomic E-state index is 13.8. The summed E-state index contributed by atoms with van der Waals surface area (Å²) in [5.41, 5.74) is 10.4. The predicted octanol–water partition coefficient (Wildman–Crippen LogP) is 5.26. The summed E-state index contributed by atoms with van der Waals surface area (Å²) in [6.07, 6.45) is -1.12. The van der Waals surface area contributed by atoms with E-state index in [1.165, 1.54) is 17.4 Å². The first-order chi connectivity index (χ1) is 41.3. The lowest BCUT2D eigenvalue weighted by Crippen LogP contribution is -2.64. The third kappa shape index (κ3) is 13.1. The Balaban J connectivity index is 0.752. The van der Waals surface area contributed by atoms with Gasteiger partial charge in [0.25, 0.3) is 16.0 Å². The van der Waals surface area contributed by atoms with Crippen LogP contribution in [0.25, 0.3) is 21.3 Å². The monoisotopic (exact) mass is 1240 g/mol. The van der Waals surface area contributed by atoms with E-state index < -0.39 is 82.7 Å². The minimum absolute atomic E-state index is 0.00704. The maximum Gasteiger partial charge on any atom is 0.355 e. The smallest absolute Gasteiger partial charge is 0.355 e. The number of anilines is 2. The van der Waals surface area contributed by atoms with Gasteiger partial charge in [0.05, 0.1) is 28.6 Å². The number of para-hydroxylation sites is 1. The largest absolute Gasteiger partial charge is 0.479 e. The zero-order valence-corrected chi connectivity index (χ0v) is 50.0. The number of aryl methyl sites for hydroxylation is 1. The van der Waals surface area contributed by atoms with Gasteiger partial charge in [-0.15, -0.1) is 0 Å². The first-order valence-corrected chi connectivity index (χ1v) is 31.5. The van der Waals surface area contributed by atoms with Gasteiger partial charge >= 0.3 is 17.9 Å². The molecule has 5 heterocycles. The average molecular weight is 1240 g/mol. The number of amides is 1. The summed E-state index contributed by atoms with van der Waals surface area (Å²) >= 11 is 1.40. The Morgan fingerprint density at radius 1 is 0.908 bits per heavy atom. The Bertz CT molecular complexity index is 3690. The molecule has 1 saturated heterocycles. The van der Waals surface area contributed by atoms with E-state index in [9.17, 15) is 57.7 Å². The molecule has 8 atom stereocenters. The molecule has 1 amide bonds. The first-order valence-electron chi connectivity index (χ1n) is 29.0. The lowest BCUT2D eigenvalue weighted by molar-refractivity contribution is -0.271. The van der Waals surface area contributed by atoms with Crippen LogP contribution in [0.2, 0.25) is 0 Å². The number of hydrogen-bond donors (Lipinski definition) is 9. The van der Waals surface area contributed by atoms with E-state index in [0.717, 1.165) is 59.1 Å². The van der Waals surface area contributed by atoms with E-state index in [0.29, 0.717) is 85.1 Å². The molecule has 0 spiro atoms. The van der Waals surface area contributed by atoms with Crippen molar-refractivity contribution in [3.05, 3.63) is 118 Å². The van der Waals surface area contributed by atoms with Crippen molar-refractivity contribution in [3.8, 4) is 16.9 Å². The number of aromatic nitrogens is 4. The molecule has 4 aliphatic carbocycles. The van der Waals surface area contributed by atoms with Crippen molar-refractivity contribution in [2.24, 2.45) is 22.0 Å². The third-order valence-electron chi connectivity index (χ3n) is 17.8. The second-order valence-corrected chi connectivity index (χ2v) is 27.5. The fraction of sp³-hybridized carbons (Fsp3) is 0.492. The van der Waals surface area contributed by atoms with E-state index in [1.54, 1.807) is 30.5 Å². The van der Waals surface area contributed by atoms with Gasteiger partial charge in [-0.05, 0) is 141 Å². The van der Waals surface area contributed by atoms with E-state index in [2.05, 4.69) is 29.5 Å². The molecule has 3 aromatic heterocycles. The molecule has 4 saturated carbocycles. The van der Waals surface area contributed by atoms with Crippen LogP contribution in [0.3, 0.4) is 0 Å². The van der Waals surface area contributed by atoms with Gasteiger partial charge in [-0.2, -0.15) is 13.5 Å². The van der Waals surface area contributed by atoms with Gasteiger partial charge in [-0.1, -0.05) is 61.6 Å². The van der Waals surface area contributed by atoms with Crippen LogP contribution in [0, 0.1) is 23.2 Å². The van der Waals surface area contributed by atoms with Crippen LogP contribution in [0.1, 0.15) is 108 Å². The second kappa shape index (κ2) is 24.2. The summed E-state index contributed by atoms with van der Waals surface area (Å²) in [6, 6.07) is 20.2. The van der Waals surface area contributed by atoms with Gasteiger partial charge in [0.2, 0.25) is 6.29 Å². The molecule has 5 fully saturated rings. The van der Waals surface area contributed by atoms with Gasteiger partial charge < -0.3 is 60.4 Å². The van der Waals surface area contributed by atoms with Crippen LogP contribution in [-0.4, -0.2) is 156 Å². The number of aromatic carboxylic acids is 1. The first kappa shape index (κ1) is 61.7. The van der Waals surface area contributed by atoms with Gasteiger partial charge in [-0.3, -0.25) is 24.1 Å². The molecule has 10 N–H and O–H groups in total. The highest BCUT2D eigenvalue weighted by molar-refractivity contribution is 7.85. The van der Waals surface area contributed by atoms with Crippen LogP contribution in [0.15, 0.2) is 79.0 Å². The summed E-state index contributed by atoms with van der Waals surface area (Å²) in [6.45, 7) is 7.85. The number of esters is 1. The van der Waals surface area contributed by atoms with Crippen molar-refractivity contribution in [2.75, 3.05) is 42.2 Å². The van der Waals surface area contributed by atoms with Crippen molar-refractivity contribution in [2.45, 2.75) is 141 Å². The van der Waals surface area contributed by atoms with Crippen LogP contribution in [-0.2, 0) is 66.5 Å². The Labute approximate surface area is 505 Å². The molecule has 6 aliphatic rings. The number of fused-ring (bicyclic) bond motifs is 2. The average Bonchev–Trinajstić information content (AvgIpc) is 0.962. The van der Waals surface area contributed by atoms with Crippen molar-refractivity contribution in [1.29, 1.82) is 0 Å². The number of pyridine rings is 1. The zero-order valence-electron chi connectivity index (χ0n) is 48.4. The number of aliphatic hydroxyl groups is 3. The maximum absolute atomic E-state index is 13.8. The standard InChI is InChI=1S/C61H72N8O16S2/c1-34-40(38-15-16-46(66-47(38)53(74)75)68-20-17-36-9-6-10-39(41(36)24-68)52(73)67-57-65-42-11-4-5-12-45(42)86-57)23-64-69(34)33-60-28-58(2)27-59(3,29-60)31-61(30-58,32-60)83-21-19-63-43(26-87(79,80)81)55(78)82-25-37-14-13-35(8-7-18-62)22-44(37)84-56-50(72)48(70)49(71)51(85-56)54(76)77/h4-6,9-16,22-23,43,48-51,56,63,70-72H,7-8,17-21,24-33,62H2,1-3H3,(H,74,75)(H,76,77)(H,65,67,73)(H,79,80,81)/t43?,48-,49?,50+,51-,56?,58?,59?,60?,61?/m0/s1. The number of carbonyl (C=O) groups is 4. The number of nitrogens with one attached hydrogen (secondary N) is 2. The van der Waals surface area contributed by atoms with Crippen molar-refractivity contribution >= 4 is 66.4 Å². The highest BCUT2D eigenvalue weighted by Crippen LogP contribution is 2.72. The zero-order chi connectivity index (χ0) is 61.8. The van der Waals surface area contributed by atoms with Crippen molar-refractivity contribution in [3.63, 3.8) is 0 Å². The van der Waals surface area contributed by atoms with Gasteiger partial charge in [0.1, 0.15) is 48.3 Å². The van der Waals surface area contributed by atoms with Crippen LogP contribution >= 0.6 is 11.3 Å². The molecule has 6 aromatic rings. The number of thiazole rings is 1. The molecule has 12 rings (SSSR count). The fourth-order valence-corrected chi connectivity index (χ4v) is 16.7. The van der Waals surface area contributed by atoms with E-state index in [1.807, 2.05) is 59.0 Å². The molecular weight excluding hydrogens is 1160 g/mol. The van der Waals surface area contributed by atoms with E-state index in [4.69, 9.17) is 34.8 Å². The lowest BCUT2D eigenvalue weighted by atomic mass is 9.39. The number of nitrogens with zero attached hydrogens (tertiary/aromatic N) is 5. The second-order valence-electron chi connectivity index (χ2n) is 25.0. The molecular formula is C61H72N8O16S2. The summed E-state index contributed by atoms with van der Waals surface area (Å²) in [7, 11) is -4.74. The molecule has 2 aliphatic heterocycles. The number of nitrogens with two attached hydrogens (primary N) is 1. The number of carbonyl (C=O) groups excluding carboxylic acids is 2. The Morgan fingerprint density at radius 3 is 2.40 bits per heavy atom. The quantitative estimate of drug-likeness (QED) is 0.0224. The molecule has 464 valence electrons. The Hall–Kier alpha value is -6.98. The minimum Gasteiger partial charge on any atom is -0.479 e. The topological polar surface area (TPSA) is 358 Å². The summed E-state index contributed by atoms with van der Waals surface area (Å²) in [5.74, 6) is -4.72. The minimum atomic E-state index is -4.74. The Kier molecular flexibility index (Phi) is 17.1. The molecule has 3 aromatic carbocycles. The number of aliphatic carboxylic acids is 1. The van der Waals surface area contributed by atoms with E-state index in [-0.39, 0.29) is 52.3 Å². The van der Waals surface area contributed by atoms with Gasteiger partial charge in [0, 0.05) is 54.1 Å². The van der Waals surface area contributed by atoms with Gasteiger partial charge in [-0.25, -0.2) is 19.6 Å². The normalized spacial score (nSPS) is 27.0. The van der Waals surface area contributed by atoms with Crippen molar-refractivity contribution < 1.29 is 76.6 Å². The fourth-order valence-electron chi connectivity index (χ4n) is 15.2. The van der Waals surface area contributed by atoms with Crippen molar-refractivity contribution in [1.82, 2.24) is 25.1 Å². The van der Waals surface area contributed by atoms with Crippen LogP contribution in [0.5, 0.6) is 5.75 Å². The number of hydrogen-bond acceptors (Lipinski definition) is 20. The number of carboxylic acid groups (broad SMARTS) is 2. The number of aliphatic hydroxyl groups excluding tert-OH is 3.